The molecule has 1 aromatic heterocycles. The first-order valence-corrected chi connectivity index (χ1v) is 16.4. The number of terminal acetylenes is 1. The average molecular weight is 511 g/mol. The van der Waals surface area contributed by atoms with Gasteiger partial charge in [0.2, 0.25) is 0 Å². The van der Waals surface area contributed by atoms with Crippen molar-refractivity contribution < 1.29 is 0 Å². The number of unbranched alkanes of at least 4 members (excludes halogenated alkanes) is 1. The molecular weight excluding hydrogens is 448 g/mol. The molecule has 8 atom stereocenters. The lowest BCUT2D eigenvalue weighted by atomic mass is 9.42. The summed E-state index contributed by atoms with van der Waals surface area (Å²) in [5.41, 5.74) is 1.99. The van der Waals surface area contributed by atoms with Crippen LogP contribution in [0.15, 0.2) is 12.4 Å². The van der Waals surface area contributed by atoms with Crippen molar-refractivity contribution in [3.63, 3.8) is 0 Å². The van der Waals surface area contributed by atoms with Crippen LogP contribution in [0, 0.1) is 58.7 Å². The van der Waals surface area contributed by atoms with Crippen molar-refractivity contribution >= 4 is 0 Å². The van der Waals surface area contributed by atoms with E-state index in [2.05, 4.69) is 56.5 Å². The monoisotopic (exact) mass is 510 g/mol. The Kier molecular flexibility index (Phi) is 12.8. The van der Waals surface area contributed by atoms with E-state index in [0.29, 0.717) is 16.7 Å². The van der Waals surface area contributed by atoms with E-state index in [1.165, 1.54) is 77.0 Å². The molecule has 3 fully saturated rings. The SMILES string of the molecule is C#Cc1cnn(CC(C)C2CCCC3C4CCC(CCCC)C(C)(CCC)C4CCC23C)c1.CC.CC. The van der Waals surface area contributed by atoms with E-state index < -0.39 is 0 Å². The van der Waals surface area contributed by atoms with Crippen molar-refractivity contribution in [2.75, 3.05) is 0 Å². The van der Waals surface area contributed by atoms with E-state index in [9.17, 15) is 0 Å². The predicted molar refractivity (Wildman–Crippen MR) is 162 cm³/mol. The van der Waals surface area contributed by atoms with Gasteiger partial charge in [-0.3, -0.25) is 4.68 Å². The van der Waals surface area contributed by atoms with E-state index >= 15 is 0 Å². The van der Waals surface area contributed by atoms with Gasteiger partial charge in [-0.15, -0.1) is 6.42 Å². The van der Waals surface area contributed by atoms with Gasteiger partial charge in [-0.1, -0.05) is 93.9 Å². The maximum Gasteiger partial charge on any atom is 0.0646 e. The molecule has 3 saturated carbocycles. The quantitative estimate of drug-likeness (QED) is 0.318. The van der Waals surface area contributed by atoms with Crippen LogP contribution in [0.2, 0.25) is 0 Å². The van der Waals surface area contributed by atoms with Gasteiger partial charge >= 0.3 is 0 Å². The zero-order valence-electron chi connectivity index (χ0n) is 26.3. The van der Waals surface area contributed by atoms with E-state index in [1.54, 1.807) is 0 Å². The van der Waals surface area contributed by atoms with Gasteiger partial charge in [-0.2, -0.15) is 5.10 Å². The number of hydrogen-bond acceptors (Lipinski definition) is 1. The van der Waals surface area contributed by atoms with E-state index in [-0.39, 0.29) is 0 Å². The molecule has 1 heterocycles. The first-order valence-electron chi connectivity index (χ1n) is 16.4. The molecule has 37 heavy (non-hydrogen) atoms. The molecule has 0 radical (unpaired) electrons. The van der Waals surface area contributed by atoms with E-state index in [1.807, 2.05) is 33.9 Å². The van der Waals surface area contributed by atoms with Gasteiger partial charge in [0.1, 0.15) is 0 Å². The summed E-state index contributed by atoms with van der Waals surface area (Å²) in [6.45, 7) is 21.7. The van der Waals surface area contributed by atoms with Gasteiger partial charge in [0.25, 0.3) is 0 Å². The van der Waals surface area contributed by atoms with Crippen LogP contribution in [0.3, 0.4) is 0 Å². The summed E-state index contributed by atoms with van der Waals surface area (Å²) in [4.78, 5) is 0. The molecule has 2 heteroatoms. The Morgan fingerprint density at radius 1 is 1.03 bits per heavy atom. The van der Waals surface area contributed by atoms with Gasteiger partial charge in [0, 0.05) is 12.7 Å². The molecule has 0 bridgehead atoms. The maximum absolute atomic E-state index is 5.58. The van der Waals surface area contributed by atoms with E-state index in [0.717, 1.165) is 41.7 Å². The first-order chi connectivity index (χ1) is 17.9. The lowest BCUT2D eigenvalue weighted by Gasteiger charge is -2.63. The average Bonchev–Trinajstić information content (AvgIpc) is 3.37. The zero-order chi connectivity index (χ0) is 27.6. The number of nitrogens with zero attached hydrogens (tertiary/aromatic N) is 2. The van der Waals surface area contributed by atoms with Crippen LogP contribution in [0.4, 0.5) is 0 Å². The molecule has 212 valence electrons. The highest BCUT2D eigenvalue weighted by atomic mass is 15.3. The van der Waals surface area contributed by atoms with Crippen LogP contribution in [0.1, 0.15) is 145 Å². The molecule has 0 aromatic carbocycles. The van der Waals surface area contributed by atoms with Gasteiger partial charge in [0.15, 0.2) is 0 Å². The highest BCUT2D eigenvalue weighted by Crippen LogP contribution is 2.66. The minimum Gasteiger partial charge on any atom is -0.271 e. The number of aromatic nitrogens is 2. The molecule has 0 spiro atoms. The molecule has 4 rings (SSSR count). The van der Waals surface area contributed by atoms with Crippen LogP contribution < -0.4 is 0 Å². The molecule has 0 amide bonds. The van der Waals surface area contributed by atoms with Crippen LogP contribution in [0.5, 0.6) is 0 Å². The van der Waals surface area contributed by atoms with Crippen molar-refractivity contribution in [2.24, 2.45) is 46.3 Å². The van der Waals surface area contributed by atoms with Crippen molar-refractivity contribution in [1.82, 2.24) is 9.78 Å². The summed E-state index contributed by atoms with van der Waals surface area (Å²) in [5.74, 6) is 8.02. The normalized spacial score (nSPS) is 35.4. The smallest absolute Gasteiger partial charge is 0.0646 e. The van der Waals surface area contributed by atoms with Crippen LogP contribution >= 0.6 is 0 Å². The van der Waals surface area contributed by atoms with Crippen molar-refractivity contribution in [2.45, 2.75) is 146 Å². The Balaban J connectivity index is 0.00000115. The minimum atomic E-state index is 0.504. The molecule has 3 aliphatic carbocycles. The van der Waals surface area contributed by atoms with E-state index in [4.69, 9.17) is 6.42 Å². The summed E-state index contributed by atoms with van der Waals surface area (Å²) >= 11 is 0. The molecule has 3 aliphatic rings. The van der Waals surface area contributed by atoms with Crippen LogP contribution in [-0.2, 0) is 6.54 Å². The van der Waals surface area contributed by atoms with Crippen molar-refractivity contribution in [3.8, 4) is 12.3 Å². The third-order valence-corrected chi connectivity index (χ3v) is 11.0. The maximum atomic E-state index is 5.58. The fraction of sp³-hybridized carbons (Fsp3) is 0.857. The third-order valence-electron chi connectivity index (χ3n) is 11.0. The highest BCUT2D eigenvalue weighted by Gasteiger charge is 2.58. The fourth-order valence-corrected chi connectivity index (χ4v) is 9.52. The Labute approximate surface area is 232 Å². The number of rotatable bonds is 8. The fourth-order valence-electron chi connectivity index (χ4n) is 9.52. The topological polar surface area (TPSA) is 17.8 Å². The second-order valence-corrected chi connectivity index (χ2v) is 12.7. The minimum absolute atomic E-state index is 0.504. The molecule has 0 saturated heterocycles. The van der Waals surface area contributed by atoms with Gasteiger partial charge in [-0.25, -0.2) is 0 Å². The van der Waals surface area contributed by atoms with Gasteiger partial charge < -0.3 is 0 Å². The largest absolute Gasteiger partial charge is 0.271 e. The zero-order valence-corrected chi connectivity index (χ0v) is 26.3. The lowest BCUT2D eigenvalue weighted by molar-refractivity contribution is -0.143. The number of fused-ring (bicyclic) bond motifs is 3. The molecule has 8 unspecified atom stereocenters. The molecule has 0 aliphatic heterocycles. The molecule has 1 aromatic rings. The molecular formula is C35H62N2. The van der Waals surface area contributed by atoms with Gasteiger partial charge in [-0.05, 0) is 97.7 Å². The first kappa shape index (κ1) is 32.0. The summed E-state index contributed by atoms with van der Waals surface area (Å²) in [5, 5.41) is 4.56. The van der Waals surface area contributed by atoms with Crippen molar-refractivity contribution in [1.29, 1.82) is 0 Å². The Bertz CT molecular complexity index is 817. The second-order valence-electron chi connectivity index (χ2n) is 12.7. The third kappa shape index (κ3) is 6.68. The summed E-state index contributed by atoms with van der Waals surface area (Å²) in [6.07, 6.45) is 26.8. The summed E-state index contributed by atoms with van der Waals surface area (Å²) in [7, 11) is 0. The highest BCUT2D eigenvalue weighted by molar-refractivity contribution is 5.26. The Morgan fingerprint density at radius 3 is 2.38 bits per heavy atom. The van der Waals surface area contributed by atoms with Gasteiger partial charge in [0.05, 0.1) is 11.8 Å². The second kappa shape index (κ2) is 14.8. The van der Waals surface area contributed by atoms with Crippen molar-refractivity contribution in [3.05, 3.63) is 18.0 Å². The predicted octanol–water partition coefficient (Wildman–Crippen LogP) is 10.4. The molecule has 2 nitrogen and oxygen atoms in total. The van der Waals surface area contributed by atoms with Crippen LogP contribution in [-0.4, -0.2) is 9.78 Å². The molecule has 0 N–H and O–H groups in total. The Morgan fingerprint density at radius 2 is 1.76 bits per heavy atom. The van der Waals surface area contributed by atoms with Crippen LogP contribution in [0.25, 0.3) is 0 Å². The standard InChI is InChI=1S/C31H50N2.2C2H6/c1-7-10-12-25-15-16-26-28-14-11-13-27(23(4)21-33-22-24(9-3)20-32-33)31(28,6)19-17-29(26)30(25,5)18-8-2;2*1-2/h3,20,22-23,25-29H,7-8,10-19,21H2,1-2,4-6H3;2*1-2H3. The summed E-state index contributed by atoms with van der Waals surface area (Å²) in [6, 6.07) is 0. The Hall–Kier alpha value is -1.23. The summed E-state index contributed by atoms with van der Waals surface area (Å²) < 4.78 is 2.11. The lowest BCUT2D eigenvalue weighted by Crippen LogP contribution is -2.56. The number of hydrogen-bond donors (Lipinski definition) is 0.